The van der Waals surface area contributed by atoms with E-state index in [1.54, 1.807) is 17.8 Å². The highest BCUT2D eigenvalue weighted by molar-refractivity contribution is 8.39. The fraction of sp³-hybridized carbons (Fsp3) is 0.385. The number of sulfone groups is 1. The summed E-state index contributed by atoms with van der Waals surface area (Å²) < 4.78 is 24.8. The van der Waals surface area contributed by atoms with Gasteiger partial charge < -0.3 is 0 Å². The quantitative estimate of drug-likeness (QED) is 0.768. The first-order valence-electron chi connectivity index (χ1n) is 6.25. The Morgan fingerprint density at radius 2 is 2.19 bits per heavy atom. The molecule has 1 aliphatic rings. The van der Waals surface area contributed by atoms with Gasteiger partial charge >= 0.3 is 0 Å². The van der Waals surface area contributed by atoms with Crippen molar-refractivity contribution >= 4 is 54.6 Å². The van der Waals surface area contributed by atoms with Crippen molar-refractivity contribution in [1.82, 2.24) is 0 Å². The molecule has 21 heavy (non-hydrogen) atoms. The minimum Gasteiger partial charge on any atom is -0.276 e. The van der Waals surface area contributed by atoms with Gasteiger partial charge in [-0.25, -0.2) is 8.42 Å². The summed E-state index contributed by atoms with van der Waals surface area (Å²) >= 11 is 8.50. The molecule has 0 N–H and O–H groups in total. The van der Waals surface area contributed by atoms with Crippen molar-refractivity contribution in [1.29, 1.82) is 0 Å². The molecule has 0 saturated carbocycles. The molecule has 0 radical (unpaired) electrons. The molecular weight excluding hydrogens is 350 g/mol. The Kier molecular flexibility index (Phi) is 5.40. The zero-order chi connectivity index (χ0) is 15.6. The molecule has 0 saturated heterocycles. The Hall–Kier alpha value is -0.500. The summed E-state index contributed by atoms with van der Waals surface area (Å²) in [5.41, 5.74) is 0.999. The molecular formula is C13H14ClNO3S3. The maximum absolute atomic E-state index is 12.0. The average molecular weight is 364 g/mol. The van der Waals surface area contributed by atoms with Gasteiger partial charge in [0.25, 0.3) is 5.24 Å². The summed E-state index contributed by atoms with van der Waals surface area (Å²) in [6.07, 6.45) is 1.73. The molecule has 0 unspecified atom stereocenters. The van der Waals surface area contributed by atoms with Gasteiger partial charge in [0, 0.05) is 22.5 Å². The number of hydrogen-bond acceptors (Lipinski definition) is 6. The number of carbonyl (C=O) groups excluding carboxylic acids is 1. The van der Waals surface area contributed by atoms with E-state index in [1.807, 2.05) is 6.92 Å². The second-order valence-corrected chi connectivity index (χ2v) is 9.15. The maximum atomic E-state index is 12.0. The van der Waals surface area contributed by atoms with E-state index in [0.717, 1.165) is 28.5 Å². The van der Waals surface area contributed by atoms with Gasteiger partial charge in [-0.15, -0.1) is 0 Å². The van der Waals surface area contributed by atoms with Crippen molar-refractivity contribution < 1.29 is 13.2 Å². The topological polar surface area (TPSA) is 63.6 Å². The third-order valence-electron chi connectivity index (χ3n) is 2.92. The van der Waals surface area contributed by atoms with Crippen LogP contribution in [0.2, 0.25) is 0 Å². The number of nitrogens with zero attached hydrogens (tertiary/aromatic N) is 1. The van der Waals surface area contributed by atoms with Crippen LogP contribution in [-0.2, 0) is 16.3 Å². The zero-order valence-electron chi connectivity index (χ0n) is 11.6. The molecule has 1 aromatic rings. The van der Waals surface area contributed by atoms with Crippen LogP contribution in [0, 0.1) is 0 Å². The lowest BCUT2D eigenvalue weighted by Crippen LogP contribution is -2.06. The summed E-state index contributed by atoms with van der Waals surface area (Å²) in [4.78, 5) is 16.5. The van der Waals surface area contributed by atoms with Crippen molar-refractivity contribution in [3.05, 3.63) is 23.3 Å². The maximum Gasteiger partial charge on any atom is 0.252 e. The summed E-state index contributed by atoms with van der Waals surface area (Å²) in [6, 6.07) is 3.12. The minimum atomic E-state index is -3.45. The van der Waals surface area contributed by atoms with Gasteiger partial charge in [0.05, 0.1) is 11.4 Å². The highest BCUT2D eigenvalue weighted by Crippen LogP contribution is 2.35. The Balaban J connectivity index is 2.58. The summed E-state index contributed by atoms with van der Waals surface area (Å²) in [6.45, 7) is 2.65. The van der Waals surface area contributed by atoms with Gasteiger partial charge in [-0.1, -0.05) is 30.4 Å². The number of aryl methyl sites for hydroxylation is 1. The minimum absolute atomic E-state index is 0.129. The SMILES string of the molecule is CCc1cc(SC2=NCCS2)c(S(C)(=O)=O)cc1C(=O)Cl. The van der Waals surface area contributed by atoms with Crippen LogP contribution in [0.25, 0.3) is 0 Å². The molecule has 1 aliphatic heterocycles. The zero-order valence-corrected chi connectivity index (χ0v) is 14.8. The van der Waals surface area contributed by atoms with Crippen LogP contribution >= 0.6 is 35.1 Å². The second kappa shape index (κ2) is 6.73. The van der Waals surface area contributed by atoms with Crippen molar-refractivity contribution in [2.45, 2.75) is 23.1 Å². The molecule has 1 aromatic carbocycles. The standard InChI is InChI=1S/C13H14ClNO3S3/c1-3-8-6-10(20-13-15-4-5-19-13)11(21(2,17)18)7-9(8)12(14)16/h6-7H,3-5H2,1-2H3. The van der Waals surface area contributed by atoms with E-state index in [1.165, 1.54) is 17.8 Å². The Morgan fingerprint density at radius 1 is 1.48 bits per heavy atom. The molecule has 0 aliphatic carbocycles. The molecule has 8 heteroatoms. The third-order valence-corrected chi connectivity index (χ3v) is 6.61. The number of thioether (sulfide) groups is 2. The third kappa shape index (κ3) is 4.03. The van der Waals surface area contributed by atoms with Crippen molar-refractivity contribution in [3.63, 3.8) is 0 Å². The first kappa shape index (κ1) is 16.9. The molecule has 2 rings (SSSR count). The van der Waals surface area contributed by atoms with E-state index in [0.29, 0.717) is 11.3 Å². The van der Waals surface area contributed by atoms with E-state index in [2.05, 4.69) is 4.99 Å². The van der Waals surface area contributed by atoms with Crippen LogP contribution < -0.4 is 0 Å². The molecule has 0 atom stereocenters. The molecule has 1 heterocycles. The van der Waals surface area contributed by atoms with E-state index in [-0.39, 0.29) is 10.5 Å². The van der Waals surface area contributed by atoms with E-state index < -0.39 is 15.1 Å². The predicted molar refractivity (Wildman–Crippen MR) is 89.7 cm³/mol. The highest BCUT2D eigenvalue weighted by Gasteiger charge is 2.21. The van der Waals surface area contributed by atoms with Crippen molar-refractivity contribution in [2.24, 2.45) is 4.99 Å². The molecule has 0 amide bonds. The van der Waals surface area contributed by atoms with E-state index >= 15 is 0 Å². The predicted octanol–water partition coefficient (Wildman–Crippen LogP) is 3.23. The first-order chi connectivity index (χ1) is 9.82. The van der Waals surface area contributed by atoms with Crippen LogP contribution in [0.4, 0.5) is 0 Å². The van der Waals surface area contributed by atoms with Gasteiger partial charge in [0.15, 0.2) is 9.84 Å². The van der Waals surface area contributed by atoms with Gasteiger partial charge in [-0.3, -0.25) is 9.79 Å². The lowest BCUT2D eigenvalue weighted by molar-refractivity contribution is 0.108. The molecule has 114 valence electrons. The smallest absolute Gasteiger partial charge is 0.252 e. The molecule has 0 aromatic heterocycles. The number of aliphatic imine (C=N–C) groups is 1. The van der Waals surface area contributed by atoms with Crippen LogP contribution in [-0.4, -0.2) is 36.6 Å². The lowest BCUT2D eigenvalue weighted by atomic mass is 10.1. The largest absolute Gasteiger partial charge is 0.276 e. The number of halogens is 1. The van der Waals surface area contributed by atoms with Gasteiger partial charge in [-0.05, 0) is 35.7 Å². The fourth-order valence-corrected chi connectivity index (χ4v) is 5.43. The Bertz CT molecular complexity index is 714. The summed E-state index contributed by atoms with van der Waals surface area (Å²) in [5, 5.41) is -0.638. The molecule has 0 spiro atoms. The monoisotopic (exact) mass is 363 g/mol. The summed E-state index contributed by atoms with van der Waals surface area (Å²) in [7, 11) is -3.45. The van der Waals surface area contributed by atoms with Gasteiger partial charge in [-0.2, -0.15) is 0 Å². The van der Waals surface area contributed by atoms with E-state index in [9.17, 15) is 13.2 Å². The Morgan fingerprint density at radius 3 is 2.67 bits per heavy atom. The van der Waals surface area contributed by atoms with Crippen LogP contribution in [0.3, 0.4) is 0 Å². The van der Waals surface area contributed by atoms with E-state index in [4.69, 9.17) is 11.6 Å². The number of hydrogen-bond donors (Lipinski definition) is 0. The number of rotatable bonds is 4. The molecule has 0 fully saturated rings. The van der Waals surface area contributed by atoms with Crippen molar-refractivity contribution in [3.8, 4) is 0 Å². The van der Waals surface area contributed by atoms with Crippen LogP contribution in [0.15, 0.2) is 26.9 Å². The first-order valence-corrected chi connectivity index (χ1v) is 10.3. The lowest BCUT2D eigenvalue weighted by Gasteiger charge is -2.12. The van der Waals surface area contributed by atoms with Gasteiger partial charge in [0.2, 0.25) is 0 Å². The normalized spacial score (nSPS) is 15.1. The van der Waals surface area contributed by atoms with Crippen LogP contribution in [0.1, 0.15) is 22.8 Å². The van der Waals surface area contributed by atoms with Crippen molar-refractivity contribution in [2.75, 3.05) is 18.6 Å². The Labute approximate surface area is 137 Å². The second-order valence-electron chi connectivity index (χ2n) is 4.45. The number of benzene rings is 1. The van der Waals surface area contributed by atoms with Gasteiger partial charge in [0.1, 0.15) is 4.38 Å². The summed E-state index contributed by atoms with van der Waals surface area (Å²) in [5.74, 6) is 0.912. The molecule has 4 nitrogen and oxygen atoms in total. The highest BCUT2D eigenvalue weighted by atomic mass is 35.5. The fourth-order valence-electron chi connectivity index (χ4n) is 1.92. The van der Waals surface area contributed by atoms with Crippen LogP contribution in [0.5, 0.6) is 0 Å². The molecule has 0 bridgehead atoms. The average Bonchev–Trinajstić information content (AvgIpc) is 2.89. The number of carbonyl (C=O) groups is 1.